The van der Waals surface area contributed by atoms with Gasteiger partial charge < -0.3 is 5.32 Å². The standard InChI is InChI=1S/C19H21N3OS.ClH/c1-12-5-6-13(2)15(8-12)16-10-24-18-17(16)19(23)22(11-21-18)14-4-3-7-20-9-14;/h5-6,8,10-11,14,20H,3-4,7,9H2,1-2H3;1H/t14-;/m1./s1. The van der Waals surface area contributed by atoms with Crippen LogP contribution in [0.5, 0.6) is 0 Å². The maximum atomic E-state index is 13.2. The molecule has 132 valence electrons. The zero-order valence-electron chi connectivity index (χ0n) is 14.4. The van der Waals surface area contributed by atoms with Gasteiger partial charge in [0.1, 0.15) is 4.83 Å². The largest absolute Gasteiger partial charge is 0.315 e. The Hall–Kier alpha value is -1.69. The smallest absolute Gasteiger partial charge is 0.263 e. The van der Waals surface area contributed by atoms with Crippen molar-refractivity contribution in [2.24, 2.45) is 0 Å². The summed E-state index contributed by atoms with van der Waals surface area (Å²) in [5.41, 5.74) is 4.64. The molecule has 1 atom stereocenters. The summed E-state index contributed by atoms with van der Waals surface area (Å²) < 4.78 is 1.83. The van der Waals surface area contributed by atoms with E-state index in [0.29, 0.717) is 0 Å². The Morgan fingerprint density at radius 2 is 2.12 bits per heavy atom. The van der Waals surface area contributed by atoms with E-state index >= 15 is 0 Å². The molecule has 0 spiro atoms. The second-order valence-corrected chi connectivity index (χ2v) is 7.46. The molecule has 0 saturated carbocycles. The molecule has 3 aromatic rings. The van der Waals surface area contributed by atoms with Crippen LogP contribution in [0.4, 0.5) is 0 Å². The Labute approximate surface area is 157 Å². The molecule has 1 saturated heterocycles. The maximum absolute atomic E-state index is 13.2. The van der Waals surface area contributed by atoms with Gasteiger partial charge in [-0.3, -0.25) is 9.36 Å². The van der Waals surface area contributed by atoms with Crippen LogP contribution in [0.2, 0.25) is 0 Å². The van der Waals surface area contributed by atoms with Gasteiger partial charge in [0.25, 0.3) is 5.56 Å². The van der Waals surface area contributed by atoms with Gasteiger partial charge in [-0.1, -0.05) is 23.8 Å². The summed E-state index contributed by atoms with van der Waals surface area (Å²) in [6.45, 7) is 6.06. The summed E-state index contributed by atoms with van der Waals surface area (Å²) in [5.74, 6) is 0. The number of halogens is 1. The molecule has 0 amide bonds. The molecule has 1 N–H and O–H groups in total. The van der Waals surface area contributed by atoms with Gasteiger partial charge in [0.05, 0.1) is 17.8 Å². The Kier molecular flexibility index (Phi) is 5.27. The van der Waals surface area contributed by atoms with E-state index in [0.717, 1.165) is 47.3 Å². The zero-order chi connectivity index (χ0) is 16.7. The van der Waals surface area contributed by atoms with E-state index in [9.17, 15) is 4.79 Å². The molecule has 1 fully saturated rings. The molecular weight excluding hydrogens is 354 g/mol. The van der Waals surface area contributed by atoms with Crippen molar-refractivity contribution in [3.63, 3.8) is 0 Å². The number of fused-ring (bicyclic) bond motifs is 1. The minimum atomic E-state index is 0. The Morgan fingerprint density at radius 1 is 1.28 bits per heavy atom. The van der Waals surface area contributed by atoms with Crippen molar-refractivity contribution in [2.45, 2.75) is 32.7 Å². The first kappa shape index (κ1) is 18.1. The number of aromatic nitrogens is 2. The molecule has 6 heteroatoms. The number of benzene rings is 1. The van der Waals surface area contributed by atoms with Gasteiger partial charge in [-0.15, -0.1) is 23.7 Å². The monoisotopic (exact) mass is 375 g/mol. The van der Waals surface area contributed by atoms with Gasteiger partial charge in [0, 0.05) is 17.5 Å². The van der Waals surface area contributed by atoms with Gasteiger partial charge in [0.15, 0.2) is 0 Å². The zero-order valence-corrected chi connectivity index (χ0v) is 16.0. The van der Waals surface area contributed by atoms with E-state index in [1.165, 1.54) is 11.1 Å². The fourth-order valence-corrected chi connectivity index (χ4v) is 4.40. The lowest BCUT2D eigenvalue weighted by Crippen LogP contribution is -2.36. The van der Waals surface area contributed by atoms with E-state index in [4.69, 9.17) is 0 Å². The number of thiophene rings is 1. The third-order valence-electron chi connectivity index (χ3n) is 4.87. The van der Waals surface area contributed by atoms with E-state index < -0.39 is 0 Å². The molecule has 4 nitrogen and oxygen atoms in total. The van der Waals surface area contributed by atoms with Crippen molar-refractivity contribution in [1.29, 1.82) is 0 Å². The summed E-state index contributed by atoms with van der Waals surface area (Å²) in [7, 11) is 0. The number of hydrogen-bond donors (Lipinski definition) is 1. The highest BCUT2D eigenvalue weighted by Crippen LogP contribution is 2.33. The van der Waals surface area contributed by atoms with Gasteiger partial charge in [-0.05, 0) is 44.4 Å². The van der Waals surface area contributed by atoms with E-state index in [2.05, 4.69) is 47.7 Å². The van der Waals surface area contributed by atoms with Gasteiger partial charge in [0.2, 0.25) is 0 Å². The normalized spacial score (nSPS) is 17.4. The highest BCUT2D eigenvalue weighted by Gasteiger charge is 2.20. The van der Waals surface area contributed by atoms with Gasteiger partial charge >= 0.3 is 0 Å². The molecule has 0 radical (unpaired) electrons. The van der Waals surface area contributed by atoms with Crippen LogP contribution in [0.3, 0.4) is 0 Å². The van der Waals surface area contributed by atoms with Crippen molar-refractivity contribution in [3.05, 3.63) is 51.4 Å². The molecule has 1 aliphatic rings. The number of hydrogen-bond acceptors (Lipinski definition) is 4. The minimum Gasteiger partial charge on any atom is -0.315 e. The van der Waals surface area contributed by atoms with Crippen molar-refractivity contribution in [1.82, 2.24) is 14.9 Å². The molecule has 25 heavy (non-hydrogen) atoms. The van der Waals surface area contributed by atoms with E-state index in [1.807, 2.05) is 4.57 Å². The molecule has 0 aliphatic carbocycles. The number of nitrogens with zero attached hydrogens (tertiary/aromatic N) is 2. The molecule has 3 heterocycles. The van der Waals surface area contributed by atoms with Crippen LogP contribution < -0.4 is 10.9 Å². The molecule has 2 aromatic heterocycles. The highest BCUT2D eigenvalue weighted by molar-refractivity contribution is 7.17. The first-order valence-electron chi connectivity index (χ1n) is 8.42. The molecule has 0 unspecified atom stereocenters. The molecular formula is C19H22ClN3OS. The summed E-state index contributed by atoms with van der Waals surface area (Å²) >= 11 is 1.55. The second kappa shape index (κ2) is 7.28. The maximum Gasteiger partial charge on any atom is 0.263 e. The fourth-order valence-electron chi connectivity index (χ4n) is 3.50. The molecule has 1 aliphatic heterocycles. The van der Waals surface area contributed by atoms with Crippen LogP contribution >= 0.6 is 23.7 Å². The lowest BCUT2D eigenvalue weighted by atomic mass is 9.99. The summed E-state index contributed by atoms with van der Waals surface area (Å²) in [5, 5.41) is 6.22. The van der Waals surface area contributed by atoms with Crippen LogP contribution in [0.1, 0.15) is 30.0 Å². The van der Waals surface area contributed by atoms with Gasteiger partial charge in [-0.25, -0.2) is 4.98 Å². The number of aryl methyl sites for hydroxylation is 2. The number of nitrogens with one attached hydrogen (secondary N) is 1. The lowest BCUT2D eigenvalue weighted by Gasteiger charge is -2.24. The van der Waals surface area contributed by atoms with Crippen LogP contribution in [0, 0.1) is 13.8 Å². The van der Waals surface area contributed by atoms with Gasteiger partial charge in [-0.2, -0.15) is 0 Å². The van der Waals surface area contributed by atoms with Crippen LogP contribution in [-0.2, 0) is 0 Å². The predicted molar refractivity (Wildman–Crippen MR) is 107 cm³/mol. The van der Waals surface area contributed by atoms with E-state index in [1.54, 1.807) is 17.7 Å². The summed E-state index contributed by atoms with van der Waals surface area (Å²) in [6.07, 6.45) is 3.86. The lowest BCUT2D eigenvalue weighted by molar-refractivity contribution is 0.363. The van der Waals surface area contributed by atoms with Crippen LogP contribution in [0.15, 0.2) is 34.7 Å². The predicted octanol–water partition coefficient (Wildman–Crippen LogP) is 4.09. The molecule has 4 rings (SSSR count). The topological polar surface area (TPSA) is 46.9 Å². The van der Waals surface area contributed by atoms with E-state index in [-0.39, 0.29) is 24.0 Å². The van der Waals surface area contributed by atoms with Crippen molar-refractivity contribution >= 4 is 34.0 Å². The Bertz CT molecular complexity index is 957. The minimum absolute atomic E-state index is 0. The SMILES string of the molecule is Cc1ccc(C)c(-c2csc3ncn([C@@H]4CCCNC4)c(=O)c23)c1.Cl. The third-order valence-corrected chi connectivity index (χ3v) is 5.75. The second-order valence-electron chi connectivity index (χ2n) is 6.61. The number of rotatable bonds is 2. The molecule has 1 aromatic carbocycles. The average Bonchev–Trinajstić information content (AvgIpc) is 3.03. The first-order chi connectivity index (χ1) is 11.6. The Morgan fingerprint density at radius 3 is 2.88 bits per heavy atom. The van der Waals surface area contributed by atoms with Crippen molar-refractivity contribution in [2.75, 3.05) is 13.1 Å². The summed E-state index contributed by atoms with van der Waals surface area (Å²) in [6, 6.07) is 6.59. The van der Waals surface area contributed by atoms with Crippen LogP contribution in [-0.4, -0.2) is 22.6 Å². The third kappa shape index (κ3) is 3.24. The highest BCUT2D eigenvalue weighted by atomic mass is 35.5. The number of piperidine rings is 1. The fraction of sp³-hybridized carbons (Fsp3) is 0.368. The summed E-state index contributed by atoms with van der Waals surface area (Å²) in [4.78, 5) is 18.6. The quantitative estimate of drug-likeness (QED) is 0.733. The average molecular weight is 376 g/mol. The first-order valence-corrected chi connectivity index (χ1v) is 9.30. The van der Waals surface area contributed by atoms with Crippen LogP contribution in [0.25, 0.3) is 21.3 Å². The molecule has 0 bridgehead atoms. The Balaban J connectivity index is 0.00000182. The van der Waals surface area contributed by atoms with Crippen molar-refractivity contribution in [3.8, 4) is 11.1 Å². The van der Waals surface area contributed by atoms with Crippen molar-refractivity contribution < 1.29 is 0 Å².